The standard InChI is InChI=1S/C19H16BrClN2O3/c1-3-26-18-8-12(14(20)9-17(18)24)7-13(10-22)19(25)23-16-6-4-5-15(21)11(16)2/h4-9,24H,3H2,1-2H3,(H,23,25)/b13-7+. The van der Waals surface area contributed by atoms with Gasteiger partial charge in [0.2, 0.25) is 0 Å². The third-order valence-electron chi connectivity index (χ3n) is 3.56. The van der Waals surface area contributed by atoms with Gasteiger partial charge in [-0.1, -0.05) is 33.6 Å². The number of aromatic hydroxyl groups is 1. The molecule has 0 bridgehead atoms. The van der Waals surface area contributed by atoms with Crippen molar-refractivity contribution >= 4 is 45.2 Å². The van der Waals surface area contributed by atoms with Gasteiger partial charge in [-0.25, -0.2) is 0 Å². The molecule has 0 aliphatic rings. The zero-order valence-electron chi connectivity index (χ0n) is 14.1. The third-order valence-corrected chi connectivity index (χ3v) is 4.66. The molecule has 0 radical (unpaired) electrons. The number of carbonyl (C=O) groups is 1. The molecule has 134 valence electrons. The van der Waals surface area contributed by atoms with Gasteiger partial charge in [0.25, 0.3) is 5.91 Å². The van der Waals surface area contributed by atoms with Gasteiger partial charge in [0.15, 0.2) is 11.5 Å². The normalized spacial score (nSPS) is 11.0. The van der Waals surface area contributed by atoms with Gasteiger partial charge >= 0.3 is 0 Å². The maximum atomic E-state index is 12.5. The number of nitriles is 1. The minimum absolute atomic E-state index is 0.0339. The number of nitrogens with one attached hydrogen (secondary N) is 1. The van der Waals surface area contributed by atoms with Crippen LogP contribution in [-0.4, -0.2) is 17.6 Å². The van der Waals surface area contributed by atoms with Crippen LogP contribution < -0.4 is 10.1 Å². The van der Waals surface area contributed by atoms with Gasteiger partial charge in [0.1, 0.15) is 11.6 Å². The maximum absolute atomic E-state index is 12.5. The van der Waals surface area contributed by atoms with Crippen molar-refractivity contribution in [3.8, 4) is 17.6 Å². The second kappa shape index (κ2) is 8.75. The summed E-state index contributed by atoms with van der Waals surface area (Å²) in [4.78, 5) is 12.5. The van der Waals surface area contributed by atoms with Crippen LogP contribution in [0.2, 0.25) is 5.02 Å². The molecule has 0 aliphatic carbocycles. The predicted octanol–water partition coefficient (Wildman–Crippen LogP) is 5.06. The van der Waals surface area contributed by atoms with Crippen LogP contribution in [0.5, 0.6) is 11.5 Å². The number of halogens is 2. The van der Waals surface area contributed by atoms with Gasteiger partial charge in [0.05, 0.1) is 6.61 Å². The molecule has 1 amide bonds. The molecule has 0 unspecified atom stereocenters. The van der Waals surface area contributed by atoms with E-state index in [-0.39, 0.29) is 17.1 Å². The van der Waals surface area contributed by atoms with Gasteiger partial charge in [0, 0.05) is 15.2 Å². The molecule has 2 rings (SSSR count). The first kappa shape index (κ1) is 19.8. The highest BCUT2D eigenvalue weighted by Gasteiger charge is 2.14. The first-order valence-corrected chi connectivity index (χ1v) is 8.88. The van der Waals surface area contributed by atoms with E-state index in [1.807, 2.05) is 6.07 Å². The van der Waals surface area contributed by atoms with E-state index in [0.717, 1.165) is 0 Å². The SMILES string of the molecule is CCOc1cc(/C=C(\C#N)C(=O)Nc2cccc(Cl)c2C)c(Br)cc1O. The molecule has 0 spiro atoms. The van der Waals surface area contributed by atoms with E-state index in [0.29, 0.717) is 32.9 Å². The number of ether oxygens (including phenoxy) is 1. The molecule has 0 saturated carbocycles. The average molecular weight is 436 g/mol. The smallest absolute Gasteiger partial charge is 0.266 e. The topological polar surface area (TPSA) is 82.3 Å². The fraction of sp³-hybridized carbons (Fsp3) is 0.158. The van der Waals surface area contributed by atoms with Crippen molar-refractivity contribution in [1.82, 2.24) is 0 Å². The quantitative estimate of drug-likeness (QED) is 0.508. The zero-order valence-corrected chi connectivity index (χ0v) is 16.5. The number of benzene rings is 2. The van der Waals surface area contributed by atoms with E-state index in [1.165, 1.54) is 12.1 Å². The molecule has 2 aromatic rings. The van der Waals surface area contributed by atoms with Crippen molar-refractivity contribution in [2.24, 2.45) is 0 Å². The Labute approximate surface area is 165 Å². The van der Waals surface area contributed by atoms with E-state index in [1.54, 1.807) is 38.1 Å². The number of anilines is 1. The Kier molecular flexibility index (Phi) is 6.67. The number of phenolic OH excluding ortho intramolecular Hbond substituents is 1. The molecule has 2 N–H and O–H groups in total. The Morgan fingerprint density at radius 3 is 2.85 bits per heavy atom. The summed E-state index contributed by atoms with van der Waals surface area (Å²) in [5.74, 6) is -0.325. The molecule has 26 heavy (non-hydrogen) atoms. The monoisotopic (exact) mass is 434 g/mol. The summed E-state index contributed by atoms with van der Waals surface area (Å²) in [6.45, 7) is 3.94. The molecular formula is C19H16BrClN2O3. The fourth-order valence-electron chi connectivity index (χ4n) is 2.18. The fourth-order valence-corrected chi connectivity index (χ4v) is 2.80. The van der Waals surface area contributed by atoms with Gasteiger partial charge in [-0.05, 0) is 55.3 Å². The van der Waals surface area contributed by atoms with Gasteiger partial charge in [-0.15, -0.1) is 0 Å². The van der Waals surface area contributed by atoms with E-state index < -0.39 is 5.91 Å². The maximum Gasteiger partial charge on any atom is 0.266 e. The summed E-state index contributed by atoms with van der Waals surface area (Å²) >= 11 is 9.36. The molecule has 7 heteroatoms. The molecule has 0 fully saturated rings. The van der Waals surface area contributed by atoms with Crippen LogP contribution >= 0.6 is 27.5 Å². The second-order valence-electron chi connectivity index (χ2n) is 5.31. The van der Waals surface area contributed by atoms with Crippen molar-refractivity contribution in [2.75, 3.05) is 11.9 Å². The summed E-state index contributed by atoms with van der Waals surface area (Å²) in [5, 5.41) is 22.4. The lowest BCUT2D eigenvalue weighted by molar-refractivity contribution is -0.112. The summed E-state index contributed by atoms with van der Waals surface area (Å²) in [7, 11) is 0. The highest BCUT2D eigenvalue weighted by molar-refractivity contribution is 9.10. The van der Waals surface area contributed by atoms with Crippen molar-refractivity contribution in [3.05, 3.63) is 56.5 Å². The average Bonchev–Trinajstić information content (AvgIpc) is 2.60. The van der Waals surface area contributed by atoms with Crippen LogP contribution in [-0.2, 0) is 4.79 Å². The minimum atomic E-state index is -0.559. The molecule has 0 atom stereocenters. The number of hydrogen-bond acceptors (Lipinski definition) is 4. The van der Waals surface area contributed by atoms with Crippen molar-refractivity contribution in [2.45, 2.75) is 13.8 Å². The Balaban J connectivity index is 2.36. The lowest BCUT2D eigenvalue weighted by atomic mass is 10.1. The van der Waals surface area contributed by atoms with Crippen LogP contribution in [0.15, 0.2) is 40.4 Å². The minimum Gasteiger partial charge on any atom is -0.504 e. The van der Waals surface area contributed by atoms with E-state index in [2.05, 4.69) is 21.2 Å². The van der Waals surface area contributed by atoms with Crippen LogP contribution in [0.25, 0.3) is 6.08 Å². The van der Waals surface area contributed by atoms with Crippen molar-refractivity contribution < 1.29 is 14.6 Å². The number of phenols is 1. The van der Waals surface area contributed by atoms with Gasteiger partial charge in [-0.2, -0.15) is 5.26 Å². The lowest BCUT2D eigenvalue weighted by Gasteiger charge is -2.10. The van der Waals surface area contributed by atoms with Crippen LogP contribution in [0.3, 0.4) is 0 Å². The number of nitrogens with zero attached hydrogens (tertiary/aromatic N) is 1. The van der Waals surface area contributed by atoms with Crippen LogP contribution in [0, 0.1) is 18.3 Å². The number of rotatable bonds is 5. The zero-order chi connectivity index (χ0) is 19.3. The molecule has 0 saturated heterocycles. The third kappa shape index (κ3) is 4.57. The molecular weight excluding hydrogens is 420 g/mol. The summed E-state index contributed by atoms with van der Waals surface area (Å²) in [6, 6.07) is 10.0. The summed E-state index contributed by atoms with van der Waals surface area (Å²) < 4.78 is 5.86. The summed E-state index contributed by atoms with van der Waals surface area (Å²) in [6.07, 6.45) is 1.42. The molecule has 0 aliphatic heterocycles. The van der Waals surface area contributed by atoms with Gasteiger partial charge in [-0.3, -0.25) is 4.79 Å². The Bertz CT molecular complexity index is 920. The first-order valence-electron chi connectivity index (χ1n) is 7.71. The van der Waals surface area contributed by atoms with E-state index in [4.69, 9.17) is 16.3 Å². The molecule has 0 heterocycles. The predicted molar refractivity (Wildman–Crippen MR) is 105 cm³/mol. The van der Waals surface area contributed by atoms with E-state index >= 15 is 0 Å². The largest absolute Gasteiger partial charge is 0.504 e. The summed E-state index contributed by atoms with van der Waals surface area (Å²) in [5.41, 5.74) is 1.67. The Morgan fingerprint density at radius 1 is 1.46 bits per heavy atom. The van der Waals surface area contributed by atoms with Crippen molar-refractivity contribution in [1.29, 1.82) is 5.26 Å². The number of amides is 1. The molecule has 5 nitrogen and oxygen atoms in total. The van der Waals surface area contributed by atoms with Crippen LogP contribution in [0.1, 0.15) is 18.1 Å². The van der Waals surface area contributed by atoms with Crippen molar-refractivity contribution in [3.63, 3.8) is 0 Å². The Hall–Kier alpha value is -2.49. The molecule has 2 aromatic carbocycles. The van der Waals surface area contributed by atoms with Crippen LogP contribution in [0.4, 0.5) is 5.69 Å². The highest BCUT2D eigenvalue weighted by atomic mass is 79.9. The number of carbonyl (C=O) groups excluding carboxylic acids is 1. The highest BCUT2D eigenvalue weighted by Crippen LogP contribution is 2.34. The van der Waals surface area contributed by atoms with E-state index in [9.17, 15) is 15.2 Å². The first-order chi connectivity index (χ1) is 12.4. The lowest BCUT2D eigenvalue weighted by Crippen LogP contribution is -2.14. The Morgan fingerprint density at radius 2 is 2.19 bits per heavy atom. The van der Waals surface area contributed by atoms with Gasteiger partial charge < -0.3 is 15.2 Å². The second-order valence-corrected chi connectivity index (χ2v) is 6.57. The molecule has 0 aromatic heterocycles. The number of hydrogen-bond donors (Lipinski definition) is 2.